The van der Waals surface area contributed by atoms with Gasteiger partial charge in [0, 0.05) is 42.8 Å². The van der Waals surface area contributed by atoms with E-state index in [1.807, 2.05) is 30.0 Å². The minimum absolute atomic E-state index is 0.0398. The predicted octanol–water partition coefficient (Wildman–Crippen LogP) is 1.93. The lowest BCUT2D eigenvalue weighted by Crippen LogP contribution is -2.39. The van der Waals surface area contributed by atoms with Gasteiger partial charge in [-0.05, 0) is 43.7 Å². The molecule has 5 nitrogen and oxygen atoms in total. The molecule has 6 heteroatoms. The Morgan fingerprint density at radius 2 is 2.13 bits per heavy atom. The highest BCUT2D eigenvalue weighted by molar-refractivity contribution is 9.10. The van der Waals surface area contributed by atoms with Gasteiger partial charge in [-0.1, -0.05) is 15.9 Å². The minimum atomic E-state index is -0.218. The summed E-state index contributed by atoms with van der Waals surface area (Å²) in [6, 6.07) is 5.87. The fourth-order valence-electron chi connectivity index (χ4n) is 3.24. The summed E-state index contributed by atoms with van der Waals surface area (Å²) >= 11 is 3.48. The molecule has 3 rings (SSSR count). The maximum atomic E-state index is 12.7. The summed E-state index contributed by atoms with van der Waals surface area (Å²) in [5.74, 6) is -0.0547. The first kappa shape index (κ1) is 16.5. The molecular weight excluding hydrogens is 358 g/mol. The van der Waals surface area contributed by atoms with Crippen LogP contribution in [-0.2, 0) is 9.59 Å². The Kier molecular flexibility index (Phi) is 5.02. The molecule has 0 radical (unpaired) electrons. The monoisotopic (exact) mass is 379 g/mol. The summed E-state index contributed by atoms with van der Waals surface area (Å²) in [7, 11) is 0. The number of aryl methyl sites for hydroxylation is 1. The molecule has 0 aliphatic carbocycles. The standard InChI is InChI=1S/C17H22BrN3O2/c1-12-9-14(3-4-15(12)18)21-11-13(10-16(21)22)17(23)20-7-2-5-19-6-8-20/h3-4,9,13,19H,2,5-8,10-11H2,1H3. The number of amides is 2. The number of nitrogens with one attached hydrogen (secondary N) is 1. The number of carbonyl (C=O) groups is 2. The molecule has 1 aromatic carbocycles. The number of hydrogen-bond donors (Lipinski definition) is 1. The van der Waals surface area contributed by atoms with Crippen molar-refractivity contribution in [2.45, 2.75) is 19.8 Å². The Morgan fingerprint density at radius 1 is 1.30 bits per heavy atom. The van der Waals surface area contributed by atoms with E-state index in [4.69, 9.17) is 0 Å². The zero-order chi connectivity index (χ0) is 16.4. The molecule has 0 aromatic heterocycles. The van der Waals surface area contributed by atoms with Gasteiger partial charge >= 0.3 is 0 Å². The second-order valence-electron chi connectivity index (χ2n) is 6.27. The van der Waals surface area contributed by atoms with Crippen LogP contribution in [0.3, 0.4) is 0 Å². The summed E-state index contributed by atoms with van der Waals surface area (Å²) in [6.07, 6.45) is 1.29. The molecule has 0 saturated carbocycles. The van der Waals surface area contributed by atoms with E-state index in [1.165, 1.54) is 0 Å². The van der Waals surface area contributed by atoms with Gasteiger partial charge in [0.25, 0.3) is 0 Å². The van der Waals surface area contributed by atoms with E-state index in [0.29, 0.717) is 13.0 Å². The van der Waals surface area contributed by atoms with Gasteiger partial charge in [-0.25, -0.2) is 0 Å². The van der Waals surface area contributed by atoms with Crippen molar-refractivity contribution in [3.8, 4) is 0 Å². The highest BCUT2D eigenvalue weighted by Crippen LogP contribution is 2.29. The SMILES string of the molecule is Cc1cc(N2CC(C(=O)N3CCCNCC3)CC2=O)ccc1Br. The smallest absolute Gasteiger partial charge is 0.228 e. The molecule has 2 amide bonds. The van der Waals surface area contributed by atoms with Gasteiger partial charge in [0.15, 0.2) is 0 Å². The number of anilines is 1. The van der Waals surface area contributed by atoms with Crippen molar-refractivity contribution in [1.29, 1.82) is 0 Å². The first-order chi connectivity index (χ1) is 11.1. The van der Waals surface area contributed by atoms with Gasteiger partial charge in [-0.2, -0.15) is 0 Å². The van der Waals surface area contributed by atoms with Crippen molar-refractivity contribution < 1.29 is 9.59 Å². The van der Waals surface area contributed by atoms with Gasteiger partial charge in [0.2, 0.25) is 11.8 Å². The van der Waals surface area contributed by atoms with Gasteiger partial charge in [-0.3, -0.25) is 9.59 Å². The number of nitrogens with zero attached hydrogens (tertiary/aromatic N) is 2. The lowest BCUT2D eigenvalue weighted by Gasteiger charge is -2.23. The number of carbonyl (C=O) groups excluding carboxylic acids is 2. The second-order valence-corrected chi connectivity index (χ2v) is 7.12. The topological polar surface area (TPSA) is 52.7 Å². The van der Waals surface area contributed by atoms with Crippen LogP contribution in [0, 0.1) is 12.8 Å². The second kappa shape index (κ2) is 7.01. The summed E-state index contributed by atoms with van der Waals surface area (Å²) in [5.41, 5.74) is 1.97. The molecule has 0 bridgehead atoms. The van der Waals surface area contributed by atoms with Gasteiger partial charge < -0.3 is 15.1 Å². The molecule has 1 aromatic rings. The van der Waals surface area contributed by atoms with Crippen LogP contribution in [0.15, 0.2) is 22.7 Å². The first-order valence-electron chi connectivity index (χ1n) is 8.12. The largest absolute Gasteiger partial charge is 0.341 e. The molecule has 2 heterocycles. The normalized spacial score (nSPS) is 22.3. The third-order valence-electron chi connectivity index (χ3n) is 4.58. The Bertz CT molecular complexity index is 612. The van der Waals surface area contributed by atoms with E-state index in [9.17, 15) is 9.59 Å². The Morgan fingerprint density at radius 3 is 2.91 bits per heavy atom. The Balaban J connectivity index is 1.71. The highest BCUT2D eigenvalue weighted by Gasteiger charge is 2.37. The van der Waals surface area contributed by atoms with Crippen LogP contribution in [0.4, 0.5) is 5.69 Å². The van der Waals surface area contributed by atoms with E-state index in [-0.39, 0.29) is 17.7 Å². The number of benzene rings is 1. The van der Waals surface area contributed by atoms with Crippen LogP contribution in [-0.4, -0.2) is 49.4 Å². The van der Waals surface area contributed by atoms with Crippen molar-refractivity contribution in [3.05, 3.63) is 28.2 Å². The van der Waals surface area contributed by atoms with E-state index in [2.05, 4.69) is 21.2 Å². The summed E-state index contributed by atoms with van der Waals surface area (Å²) in [4.78, 5) is 28.7. The Labute approximate surface area is 145 Å². The van der Waals surface area contributed by atoms with Crippen molar-refractivity contribution >= 4 is 33.4 Å². The van der Waals surface area contributed by atoms with E-state index in [1.54, 1.807) is 4.90 Å². The molecule has 1 atom stereocenters. The molecule has 23 heavy (non-hydrogen) atoms. The zero-order valence-corrected chi connectivity index (χ0v) is 14.9. The Hall–Kier alpha value is -1.40. The van der Waals surface area contributed by atoms with Crippen LogP contribution in [0.1, 0.15) is 18.4 Å². The summed E-state index contributed by atoms with van der Waals surface area (Å²) in [5, 5.41) is 3.30. The van der Waals surface area contributed by atoms with Crippen LogP contribution in [0.5, 0.6) is 0 Å². The molecule has 2 saturated heterocycles. The molecule has 2 aliphatic heterocycles. The summed E-state index contributed by atoms with van der Waals surface area (Å²) in [6.45, 7) is 5.80. The van der Waals surface area contributed by atoms with Gasteiger partial charge in [0.05, 0.1) is 5.92 Å². The quantitative estimate of drug-likeness (QED) is 0.853. The molecule has 0 spiro atoms. The van der Waals surface area contributed by atoms with E-state index in [0.717, 1.165) is 48.3 Å². The van der Waals surface area contributed by atoms with Crippen LogP contribution >= 0.6 is 15.9 Å². The van der Waals surface area contributed by atoms with Crippen molar-refractivity contribution in [1.82, 2.24) is 10.2 Å². The summed E-state index contributed by atoms with van der Waals surface area (Å²) < 4.78 is 1.03. The maximum Gasteiger partial charge on any atom is 0.228 e. The molecule has 1 unspecified atom stereocenters. The number of rotatable bonds is 2. The molecule has 2 fully saturated rings. The van der Waals surface area contributed by atoms with Crippen molar-refractivity contribution in [3.63, 3.8) is 0 Å². The van der Waals surface area contributed by atoms with Crippen LogP contribution < -0.4 is 10.2 Å². The minimum Gasteiger partial charge on any atom is -0.341 e. The molecule has 124 valence electrons. The lowest BCUT2D eigenvalue weighted by molar-refractivity contribution is -0.135. The average Bonchev–Trinajstić information content (AvgIpc) is 2.75. The predicted molar refractivity (Wildman–Crippen MR) is 93.4 cm³/mol. The van der Waals surface area contributed by atoms with Crippen LogP contribution in [0.25, 0.3) is 0 Å². The lowest BCUT2D eigenvalue weighted by atomic mass is 10.1. The maximum absolute atomic E-state index is 12.7. The average molecular weight is 380 g/mol. The zero-order valence-electron chi connectivity index (χ0n) is 13.3. The highest BCUT2D eigenvalue weighted by atomic mass is 79.9. The van der Waals surface area contributed by atoms with Crippen molar-refractivity contribution in [2.24, 2.45) is 5.92 Å². The van der Waals surface area contributed by atoms with E-state index >= 15 is 0 Å². The molecular formula is C17H22BrN3O2. The fraction of sp³-hybridized carbons (Fsp3) is 0.529. The molecule has 2 aliphatic rings. The van der Waals surface area contributed by atoms with E-state index < -0.39 is 0 Å². The fourth-order valence-corrected chi connectivity index (χ4v) is 3.49. The van der Waals surface area contributed by atoms with Crippen LogP contribution in [0.2, 0.25) is 0 Å². The third-order valence-corrected chi connectivity index (χ3v) is 5.47. The number of halogens is 1. The third kappa shape index (κ3) is 3.58. The van der Waals surface area contributed by atoms with Gasteiger partial charge in [0.1, 0.15) is 0 Å². The molecule has 1 N–H and O–H groups in total. The number of hydrogen-bond acceptors (Lipinski definition) is 3. The van der Waals surface area contributed by atoms with Crippen molar-refractivity contribution in [2.75, 3.05) is 37.6 Å². The van der Waals surface area contributed by atoms with Gasteiger partial charge in [-0.15, -0.1) is 0 Å². The first-order valence-corrected chi connectivity index (χ1v) is 8.91.